The number of piperidine rings is 1. The molecule has 246 valence electrons. The fourth-order valence-corrected chi connectivity index (χ4v) is 6.47. The normalized spacial score (nSPS) is 14.9. The molecule has 4 rings (SSSR count). The Morgan fingerprint density at radius 1 is 1.02 bits per heavy atom. The Hall–Kier alpha value is -3.37. The Morgan fingerprint density at radius 3 is 2.33 bits per heavy atom. The van der Waals surface area contributed by atoms with Crippen LogP contribution in [0.15, 0.2) is 47.5 Å². The third-order valence-electron chi connectivity index (χ3n) is 8.97. The molecule has 3 aromatic rings. The van der Waals surface area contributed by atoms with Crippen LogP contribution < -0.4 is 15.2 Å². The lowest BCUT2D eigenvalue weighted by molar-refractivity contribution is 0.0187. The summed E-state index contributed by atoms with van der Waals surface area (Å²) in [6, 6.07) is 12.1. The molecule has 45 heavy (non-hydrogen) atoms. The second kappa shape index (κ2) is 13.5. The standard InChI is InChI=1S/C35H52N4O5Si/c1-25-20-28(22-29(21-25)42-8)38(16-11-19-43-45(9,10)35(5,6)7)27-12-13-31-30(23-27)32(40)39(24-36-31)26-14-17-37(18-15-26)33(41)44-34(2,3)4/h12-13,20-24,26H,11,14-19H2,1-10H3. The number of carbonyl (C=O) groups excluding carboxylic acids is 1. The molecule has 0 saturated carbocycles. The lowest BCUT2D eigenvalue weighted by atomic mass is 10.0. The van der Waals surface area contributed by atoms with Crippen LogP contribution in [-0.2, 0) is 9.16 Å². The third-order valence-corrected chi connectivity index (χ3v) is 13.5. The molecule has 0 radical (unpaired) electrons. The van der Waals surface area contributed by atoms with Gasteiger partial charge in [0.15, 0.2) is 8.32 Å². The van der Waals surface area contributed by atoms with Gasteiger partial charge >= 0.3 is 6.09 Å². The van der Waals surface area contributed by atoms with E-state index >= 15 is 0 Å². The third kappa shape index (κ3) is 8.46. The van der Waals surface area contributed by atoms with Crippen LogP contribution >= 0.6 is 0 Å². The summed E-state index contributed by atoms with van der Waals surface area (Å²) in [5.41, 5.74) is 3.06. The number of fused-ring (bicyclic) bond motifs is 1. The van der Waals surface area contributed by atoms with Gasteiger partial charge < -0.3 is 23.7 Å². The number of amides is 1. The van der Waals surface area contributed by atoms with Crippen LogP contribution in [0.2, 0.25) is 18.1 Å². The van der Waals surface area contributed by atoms with Gasteiger partial charge in [0.25, 0.3) is 5.56 Å². The fraction of sp³-hybridized carbons (Fsp3) is 0.571. The molecule has 1 saturated heterocycles. The molecule has 2 aromatic carbocycles. The SMILES string of the molecule is COc1cc(C)cc(N(CCCO[Si](C)(C)C(C)(C)C)c2ccc3ncn(C4CCN(C(=O)OC(C)(C)C)CC4)c(=O)c3c2)c1. The number of aromatic nitrogens is 2. The average Bonchev–Trinajstić information content (AvgIpc) is 2.95. The zero-order chi connectivity index (χ0) is 33.2. The Balaban J connectivity index is 1.60. The van der Waals surface area contributed by atoms with E-state index in [-0.39, 0.29) is 22.7 Å². The van der Waals surface area contributed by atoms with E-state index in [0.717, 1.165) is 29.1 Å². The van der Waals surface area contributed by atoms with Crippen LogP contribution in [-0.4, -0.2) is 67.8 Å². The summed E-state index contributed by atoms with van der Waals surface area (Å²) in [5.74, 6) is 0.787. The van der Waals surface area contributed by atoms with Crippen LogP contribution in [0.5, 0.6) is 5.75 Å². The van der Waals surface area contributed by atoms with E-state index in [1.54, 1.807) is 22.9 Å². The van der Waals surface area contributed by atoms with E-state index in [1.807, 2.05) is 51.1 Å². The maximum atomic E-state index is 13.9. The first-order valence-electron chi connectivity index (χ1n) is 16.0. The van der Waals surface area contributed by atoms with Gasteiger partial charge in [-0.3, -0.25) is 9.36 Å². The van der Waals surface area contributed by atoms with Crippen molar-refractivity contribution >= 4 is 36.7 Å². The molecule has 10 heteroatoms. The van der Waals surface area contributed by atoms with Gasteiger partial charge in [0, 0.05) is 49.7 Å². The lowest BCUT2D eigenvalue weighted by Crippen LogP contribution is -2.43. The zero-order valence-corrected chi connectivity index (χ0v) is 29.9. The number of anilines is 2. The number of ether oxygens (including phenoxy) is 2. The smallest absolute Gasteiger partial charge is 0.410 e. The number of hydrogen-bond acceptors (Lipinski definition) is 7. The largest absolute Gasteiger partial charge is 0.497 e. The van der Waals surface area contributed by atoms with Crippen molar-refractivity contribution in [1.82, 2.24) is 14.5 Å². The molecule has 0 bridgehead atoms. The highest BCUT2D eigenvalue weighted by atomic mass is 28.4. The van der Waals surface area contributed by atoms with Crippen LogP contribution in [0.4, 0.5) is 16.2 Å². The maximum absolute atomic E-state index is 13.9. The molecule has 0 spiro atoms. The lowest BCUT2D eigenvalue weighted by Gasteiger charge is -2.36. The summed E-state index contributed by atoms with van der Waals surface area (Å²) in [6.07, 6.45) is 3.50. The van der Waals surface area contributed by atoms with Crippen LogP contribution in [0, 0.1) is 6.92 Å². The highest BCUT2D eigenvalue weighted by Crippen LogP contribution is 2.37. The molecule has 1 amide bonds. The van der Waals surface area contributed by atoms with Gasteiger partial charge in [0.05, 0.1) is 24.3 Å². The molecular formula is C35H52N4O5Si. The number of aryl methyl sites for hydroxylation is 1. The number of hydrogen-bond donors (Lipinski definition) is 0. The maximum Gasteiger partial charge on any atom is 0.410 e. The van der Waals surface area contributed by atoms with Crippen molar-refractivity contribution in [3.05, 3.63) is 58.6 Å². The first-order valence-corrected chi connectivity index (χ1v) is 19.0. The van der Waals surface area contributed by atoms with Gasteiger partial charge in [-0.25, -0.2) is 9.78 Å². The van der Waals surface area contributed by atoms with E-state index < -0.39 is 13.9 Å². The molecular weight excluding hydrogens is 584 g/mol. The summed E-state index contributed by atoms with van der Waals surface area (Å²) in [5, 5.41) is 0.723. The zero-order valence-electron chi connectivity index (χ0n) is 28.9. The quantitative estimate of drug-likeness (QED) is 0.175. The number of methoxy groups -OCH3 is 1. The van der Waals surface area contributed by atoms with Crippen molar-refractivity contribution in [3.63, 3.8) is 0 Å². The average molecular weight is 637 g/mol. The van der Waals surface area contributed by atoms with E-state index in [2.05, 4.69) is 56.7 Å². The second-order valence-corrected chi connectivity index (χ2v) is 19.5. The summed E-state index contributed by atoms with van der Waals surface area (Å²) < 4.78 is 19.4. The highest BCUT2D eigenvalue weighted by molar-refractivity contribution is 6.74. The number of nitrogens with zero attached hydrogens (tertiary/aromatic N) is 4. The van der Waals surface area contributed by atoms with E-state index in [9.17, 15) is 9.59 Å². The van der Waals surface area contributed by atoms with Crippen LogP contribution in [0.3, 0.4) is 0 Å². The molecule has 0 atom stereocenters. The number of rotatable bonds is 9. The van der Waals surface area contributed by atoms with Crippen molar-refractivity contribution in [2.75, 3.05) is 38.3 Å². The predicted molar refractivity (Wildman–Crippen MR) is 185 cm³/mol. The summed E-state index contributed by atoms with van der Waals surface area (Å²) >= 11 is 0. The first-order chi connectivity index (χ1) is 21.0. The monoisotopic (exact) mass is 636 g/mol. The second-order valence-electron chi connectivity index (χ2n) is 14.7. The topological polar surface area (TPSA) is 86.1 Å². The molecule has 1 aliphatic rings. The minimum atomic E-state index is -1.87. The van der Waals surface area contributed by atoms with Gasteiger partial charge in [-0.1, -0.05) is 20.8 Å². The highest BCUT2D eigenvalue weighted by Gasteiger charge is 2.37. The Morgan fingerprint density at radius 2 is 1.71 bits per heavy atom. The number of benzene rings is 2. The molecule has 1 aliphatic heterocycles. The van der Waals surface area contributed by atoms with Gasteiger partial charge in [0.2, 0.25) is 0 Å². The molecule has 1 fully saturated rings. The summed E-state index contributed by atoms with van der Waals surface area (Å²) in [6.45, 7) is 21.4. The minimum Gasteiger partial charge on any atom is -0.497 e. The molecule has 1 aromatic heterocycles. The molecule has 9 nitrogen and oxygen atoms in total. The van der Waals surface area contributed by atoms with Crippen molar-refractivity contribution < 1.29 is 18.7 Å². The van der Waals surface area contributed by atoms with Gasteiger partial charge in [-0.05, 0) is 101 Å². The van der Waals surface area contributed by atoms with Gasteiger partial charge in [-0.15, -0.1) is 0 Å². The van der Waals surface area contributed by atoms with Gasteiger partial charge in [-0.2, -0.15) is 0 Å². The first kappa shape index (κ1) is 34.5. The van der Waals surface area contributed by atoms with Crippen molar-refractivity contribution in [2.24, 2.45) is 0 Å². The minimum absolute atomic E-state index is 0.0404. The van der Waals surface area contributed by atoms with Crippen LogP contribution in [0.25, 0.3) is 10.9 Å². The summed E-state index contributed by atoms with van der Waals surface area (Å²) in [4.78, 5) is 35.1. The predicted octanol–water partition coefficient (Wildman–Crippen LogP) is 7.84. The molecule has 0 unspecified atom stereocenters. The Kier molecular flexibility index (Phi) is 10.4. The Labute approximate surface area is 269 Å². The van der Waals surface area contributed by atoms with Gasteiger partial charge in [0.1, 0.15) is 11.4 Å². The molecule has 0 aliphatic carbocycles. The van der Waals surface area contributed by atoms with E-state index in [1.165, 1.54) is 0 Å². The number of likely N-dealkylation sites (tertiary alicyclic amines) is 1. The van der Waals surface area contributed by atoms with Crippen LogP contribution in [0.1, 0.15) is 72.4 Å². The fourth-order valence-electron chi connectivity index (χ4n) is 5.38. The van der Waals surface area contributed by atoms with Crippen molar-refractivity contribution in [3.8, 4) is 5.75 Å². The van der Waals surface area contributed by atoms with Crippen molar-refractivity contribution in [1.29, 1.82) is 0 Å². The number of carbonyl (C=O) groups is 1. The molecule has 2 heterocycles. The Bertz CT molecular complexity index is 1550. The van der Waals surface area contributed by atoms with E-state index in [0.29, 0.717) is 50.0 Å². The van der Waals surface area contributed by atoms with Crippen molar-refractivity contribution in [2.45, 2.75) is 97.5 Å². The van der Waals surface area contributed by atoms with E-state index in [4.69, 9.17) is 13.9 Å². The molecule has 0 N–H and O–H groups in total. The summed E-state index contributed by atoms with van der Waals surface area (Å²) in [7, 11) is -0.188.